The third kappa shape index (κ3) is 5.01. The van der Waals surface area contributed by atoms with Crippen LogP contribution in [0.3, 0.4) is 0 Å². The van der Waals surface area contributed by atoms with Gasteiger partial charge in [0.25, 0.3) is 10.0 Å². The lowest BCUT2D eigenvalue weighted by Crippen LogP contribution is -2.34. The summed E-state index contributed by atoms with van der Waals surface area (Å²) in [5.41, 5.74) is 1.02. The molecule has 0 saturated heterocycles. The summed E-state index contributed by atoms with van der Waals surface area (Å²) >= 11 is 0. The summed E-state index contributed by atoms with van der Waals surface area (Å²) in [6, 6.07) is 7.15. The number of carbonyl (C=O) groups excluding carboxylic acids is 1. The highest BCUT2D eigenvalue weighted by atomic mass is 32.2. The Bertz CT molecular complexity index is 1080. The molecule has 0 bridgehead atoms. The Morgan fingerprint density at radius 3 is 2.27 bits per heavy atom. The number of hydrogen-bond donors (Lipinski definition) is 3. The number of benzene rings is 1. The van der Waals surface area contributed by atoms with Crippen LogP contribution in [0.1, 0.15) is 24.4 Å². The van der Waals surface area contributed by atoms with Crippen LogP contribution in [0.5, 0.6) is 0 Å². The van der Waals surface area contributed by atoms with Crippen molar-refractivity contribution in [3.8, 4) is 0 Å². The molecular formula is C20H22N4O5S. The first-order chi connectivity index (χ1) is 14.2. The lowest BCUT2D eigenvalue weighted by molar-refractivity contribution is -0.146. The maximum atomic E-state index is 12.6. The molecule has 0 saturated carbocycles. The van der Waals surface area contributed by atoms with E-state index in [1.54, 1.807) is 26.0 Å². The molecule has 0 unspecified atom stereocenters. The van der Waals surface area contributed by atoms with E-state index < -0.39 is 33.7 Å². The van der Waals surface area contributed by atoms with Crippen LogP contribution in [0.4, 0.5) is 11.5 Å². The SMILES string of the molecule is Cc1cc(NS(=O)(=O)c2ccc(NC(=O)[C@@H]3CC=CC[C@@H]3C(=O)O)cc2)nc(C)n1. The number of nitrogens with zero attached hydrogens (tertiary/aromatic N) is 2. The summed E-state index contributed by atoms with van der Waals surface area (Å²) in [5, 5.41) is 12.0. The second-order valence-electron chi connectivity index (χ2n) is 7.05. The van der Waals surface area contributed by atoms with Crippen molar-refractivity contribution in [3.05, 3.63) is 54.0 Å². The van der Waals surface area contributed by atoms with Crippen molar-refractivity contribution in [2.75, 3.05) is 10.0 Å². The minimum Gasteiger partial charge on any atom is -0.481 e. The highest BCUT2D eigenvalue weighted by Gasteiger charge is 2.34. The van der Waals surface area contributed by atoms with Crippen LogP contribution >= 0.6 is 0 Å². The number of sulfonamides is 1. The third-order valence-corrected chi connectivity index (χ3v) is 6.09. The number of carbonyl (C=O) groups is 2. The molecule has 0 aliphatic heterocycles. The number of anilines is 2. The molecule has 1 aliphatic rings. The van der Waals surface area contributed by atoms with Gasteiger partial charge >= 0.3 is 5.97 Å². The number of hydrogen-bond acceptors (Lipinski definition) is 6. The maximum absolute atomic E-state index is 12.6. The second-order valence-corrected chi connectivity index (χ2v) is 8.74. The smallest absolute Gasteiger partial charge is 0.307 e. The summed E-state index contributed by atoms with van der Waals surface area (Å²) in [7, 11) is -3.87. The van der Waals surface area contributed by atoms with Crippen molar-refractivity contribution in [2.45, 2.75) is 31.6 Å². The summed E-state index contributed by atoms with van der Waals surface area (Å²) < 4.78 is 27.6. The number of carboxylic acid groups (broad SMARTS) is 1. The molecule has 2 atom stereocenters. The molecule has 1 aliphatic carbocycles. The monoisotopic (exact) mass is 430 g/mol. The normalized spacial score (nSPS) is 18.6. The zero-order valence-corrected chi connectivity index (χ0v) is 17.3. The van der Waals surface area contributed by atoms with E-state index in [1.165, 1.54) is 30.3 Å². The fourth-order valence-electron chi connectivity index (χ4n) is 3.30. The number of carboxylic acids is 1. The average molecular weight is 430 g/mol. The van der Waals surface area contributed by atoms with Gasteiger partial charge in [-0.2, -0.15) is 0 Å². The first-order valence-electron chi connectivity index (χ1n) is 9.29. The van der Waals surface area contributed by atoms with Crippen LogP contribution in [0.2, 0.25) is 0 Å². The minimum absolute atomic E-state index is 0.00145. The molecule has 1 amide bonds. The standard InChI is InChI=1S/C20H22N4O5S/c1-12-11-18(22-13(2)21-12)24-30(28,29)15-9-7-14(8-10-15)23-19(25)16-5-3-4-6-17(16)20(26)27/h3-4,7-11,16-17H,5-6H2,1-2H3,(H,23,25)(H,26,27)(H,21,22,24)/t16-,17+/m1/s1. The summed E-state index contributed by atoms with van der Waals surface area (Å²) in [5.74, 6) is -2.26. The number of nitrogens with one attached hydrogen (secondary N) is 2. The van der Waals surface area contributed by atoms with Crippen LogP contribution in [0.25, 0.3) is 0 Å². The van der Waals surface area contributed by atoms with Gasteiger partial charge in [-0.1, -0.05) is 12.2 Å². The first-order valence-corrected chi connectivity index (χ1v) is 10.8. The van der Waals surface area contributed by atoms with E-state index in [9.17, 15) is 23.1 Å². The maximum Gasteiger partial charge on any atom is 0.307 e. The highest BCUT2D eigenvalue weighted by molar-refractivity contribution is 7.92. The Labute approximate surface area is 174 Å². The van der Waals surface area contributed by atoms with E-state index in [2.05, 4.69) is 20.0 Å². The van der Waals surface area contributed by atoms with E-state index in [4.69, 9.17) is 0 Å². The van der Waals surface area contributed by atoms with Gasteiger partial charge in [-0.05, 0) is 51.0 Å². The van der Waals surface area contributed by atoms with Crippen LogP contribution < -0.4 is 10.0 Å². The molecule has 1 aromatic heterocycles. The van der Waals surface area contributed by atoms with Gasteiger partial charge < -0.3 is 10.4 Å². The van der Waals surface area contributed by atoms with E-state index in [-0.39, 0.29) is 10.7 Å². The Morgan fingerprint density at radius 1 is 1.03 bits per heavy atom. The van der Waals surface area contributed by atoms with Crippen molar-refractivity contribution in [1.82, 2.24) is 9.97 Å². The summed E-state index contributed by atoms with van der Waals surface area (Å²) in [6.45, 7) is 3.40. The van der Waals surface area contributed by atoms with Gasteiger partial charge in [0.2, 0.25) is 5.91 Å². The topological polar surface area (TPSA) is 138 Å². The van der Waals surface area contributed by atoms with Crippen LogP contribution in [0.15, 0.2) is 47.4 Å². The van der Waals surface area contributed by atoms with Gasteiger partial charge in [-0.25, -0.2) is 18.4 Å². The van der Waals surface area contributed by atoms with Gasteiger partial charge in [0.15, 0.2) is 0 Å². The molecule has 0 spiro atoms. The van der Waals surface area contributed by atoms with Gasteiger partial charge in [-0.15, -0.1) is 0 Å². The molecule has 0 radical (unpaired) electrons. The van der Waals surface area contributed by atoms with Crippen molar-refractivity contribution < 1.29 is 23.1 Å². The first kappa shape index (κ1) is 21.4. The molecule has 2 aromatic rings. The predicted octanol–water partition coefficient (Wildman–Crippen LogP) is 2.50. The van der Waals surface area contributed by atoms with Crippen molar-refractivity contribution in [1.29, 1.82) is 0 Å². The number of aryl methyl sites for hydroxylation is 2. The Balaban J connectivity index is 1.71. The highest BCUT2D eigenvalue weighted by Crippen LogP contribution is 2.27. The number of aliphatic carboxylic acids is 1. The molecule has 10 heteroatoms. The number of rotatable bonds is 6. The molecular weight excluding hydrogens is 408 g/mol. The van der Waals surface area contributed by atoms with Crippen molar-refractivity contribution in [2.24, 2.45) is 11.8 Å². The van der Waals surface area contributed by atoms with E-state index in [1.807, 2.05) is 0 Å². The zero-order chi connectivity index (χ0) is 21.9. The molecule has 1 aromatic carbocycles. The largest absolute Gasteiger partial charge is 0.481 e. The van der Waals surface area contributed by atoms with Crippen LogP contribution in [0, 0.1) is 25.7 Å². The van der Waals surface area contributed by atoms with Gasteiger partial charge in [0.1, 0.15) is 11.6 Å². The van der Waals surface area contributed by atoms with E-state index in [0.717, 1.165) is 0 Å². The van der Waals surface area contributed by atoms with Crippen molar-refractivity contribution >= 4 is 33.4 Å². The number of allylic oxidation sites excluding steroid dienone is 2. The van der Waals surface area contributed by atoms with Crippen molar-refractivity contribution in [3.63, 3.8) is 0 Å². The van der Waals surface area contributed by atoms with Crippen LogP contribution in [-0.4, -0.2) is 35.4 Å². The van der Waals surface area contributed by atoms with Gasteiger partial charge in [0, 0.05) is 17.4 Å². The predicted molar refractivity (Wildman–Crippen MR) is 110 cm³/mol. The van der Waals surface area contributed by atoms with Gasteiger partial charge in [0.05, 0.1) is 16.7 Å². The molecule has 3 rings (SSSR count). The fourth-order valence-corrected chi connectivity index (χ4v) is 4.29. The average Bonchev–Trinajstić information content (AvgIpc) is 2.67. The minimum atomic E-state index is -3.87. The van der Waals surface area contributed by atoms with E-state index in [0.29, 0.717) is 30.0 Å². The van der Waals surface area contributed by atoms with Crippen LogP contribution in [-0.2, 0) is 19.6 Å². The third-order valence-electron chi connectivity index (χ3n) is 4.72. The molecule has 3 N–H and O–H groups in total. The quantitative estimate of drug-likeness (QED) is 0.599. The molecule has 1 heterocycles. The number of amides is 1. The Morgan fingerprint density at radius 2 is 1.67 bits per heavy atom. The summed E-state index contributed by atoms with van der Waals surface area (Å²) in [6.07, 6.45) is 4.20. The lowest BCUT2D eigenvalue weighted by atomic mass is 9.82. The zero-order valence-electron chi connectivity index (χ0n) is 16.5. The number of aromatic nitrogens is 2. The lowest BCUT2D eigenvalue weighted by Gasteiger charge is -2.24. The molecule has 0 fully saturated rings. The van der Waals surface area contributed by atoms with Gasteiger partial charge in [-0.3, -0.25) is 14.3 Å². The molecule has 9 nitrogen and oxygen atoms in total. The second kappa shape index (κ2) is 8.62. The Kier molecular flexibility index (Phi) is 6.16. The van der Waals surface area contributed by atoms with E-state index >= 15 is 0 Å². The summed E-state index contributed by atoms with van der Waals surface area (Å²) in [4.78, 5) is 32.1. The fraction of sp³-hybridized carbons (Fsp3) is 0.300. The molecule has 158 valence electrons. The Hall–Kier alpha value is -3.27. The molecule has 30 heavy (non-hydrogen) atoms.